The van der Waals surface area contributed by atoms with Crippen LogP contribution in [0.5, 0.6) is 0 Å². The zero-order valence-corrected chi connectivity index (χ0v) is 14.9. The molecule has 1 aliphatic rings. The minimum Gasteiger partial charge on any atom is -0.481 e. The number of rotatable bonds is 13. The van der Waals surface area contributed by atoms with E-state index in [0.717, 1.165) is 17.1 Å². The first-order chi connectivity index (χ1) is 13.1. The quantitative estimate of drug-likeness (QED) is 0.209. The van der Waals surface area contributed by atoms with Crippen molar-refractivity contribution in [2.24, 2.45) is 5.73 Å². The number of hydrogen-bond acceptors (Lipinski definition) is 7. The number of nitrogens with two attached hydrogens (primary N) is 1. The fraction of sp³-hybridized carbons (Fsp3) is 0.500. The predicted molar refractivity (Wildman–Crippen MR) is 92.5 cm³/mol. The van der Waals surface area contributed by atoms with Gasteiger partial charge in [-0.2, -0.15) is 0 Å². The number of carbonyl (C=O) groups is 6. The number of nitrogens with zero attached hydrogens (tertiary/aromatic N) is 1. The monoisotopic (exact) mass is 398 g/mol. The third-order valence-electron chi connectivity index (χ3n) is 3.88. The van der Waals surface area contributed by atoms with Crippen LogP contribution < -0.4 is 16.4 Å². The second-order valence-corrected chi connectivity index (χ2v) is 6.00. The lowest BCUT2D eigenvalue weighted by atomic mass is 10.1. The van der Waals surface area contributed by atoms with Gasteiger partial charge in [0, 0.05) is 38.1 Å². The molecule has 12 nitrogen and oxygen atoms in total. The van der Waals surface area contributed by atoms with E-state index < -0.39 is 54.1 Å². The van der Waals surface area contributed by atoms with Gasteiger partial charge in [0.2, 0.25) is 11.8 Å². The number of hydrogen-bond donors (Lipinski definition) is 5. The summed E-state index contributed by atoms with van der Waals surface area (Å²) < 4.78 is 0. The van der Waals surface area contributed by atoms with Gasteiger partial charge in [-0.25, -0.2) is 4.79 Å². The van der Waals surface area contributed by atoms with E-state index in [-0.39, 0.29) is 32.4 Å². The van der Waals surface area contributed by atoms with E-state index in [1.54, 1.807) is 0 Å². The van der Waals surface area contributed by atoms with Crippen LogP contribution in [0.2, 0.25) is 0 Å². The van der Waals surface area contributed by atoms with Gasteiger partial charge in [0.15, 0.2) is 0 Å². The molecule has 1 rings (SSSR count). The Kier molecular flexibility index (Phi) is 8.75. The van der Waals surface area contributed by atoms with E-state index in [1.807, 2.05) is 0 Å². The third kappa shape index (κ3) is 7.53. The molecule has 0 radical (unpaired) electrons. The van der Waals surface area contributed by atoms with Crippen LogP contribution in [0, 0.1) is 0 Å². The number of aliphatic carboxylic acids is 2. The molecule has 2 atom stereocenters. The highest BCUT2D eigenvalue weighted by Gasteiger charge is 2.27. The number of carbonyl (C=O) groups excluding carboxylic acids is 4. The first-order valence-electron chi connectivity index (χ1n) is 8.42. The van der Waals surface area contributed by atoms with Crippen LogP contribution in [0.1, 0.15) is 25.7 Å². The number of carboxylic acids is 2. The number of primary amides is 1. The summed E-state index contributed by atoms with van der Waals surface area (Å²) in [5, 5.41) is 22.7. The van der Waals surface area contributed by atoms with E-state index in [2.05, 4.69) is 10.6 Å². The molecule has 1 aliphatic heterocycles. The normalized spacial score (nSPS) is 15.4. The molecule has 0 spiro atoms. The maximum atomic E-state index is 12.4. The van der Waals surface area contributed by atoms with Crippen molar-refractivity contribution in [2.45, 2.75) is 37.8 Å². The van der Waals surface area contributed by atoms with Crippen molar-refractivity contribution < 1.29 is 39.0 Å². The number of imide groups is 1. The maximum Gasteiger partial charge on any atom is 0.326 e. The molecular formula is C16H22N4O8. The number of amides is 4. The van der Waals surface area contributed by atoms with Crippen molar-refractivity contribution in [1.82, 2.24) is 15.5 Å². The lowest BCUT2D eigenvalue weighted by molar-refractivity contribution is -0.143. The average Bonchev–Trinajstić information content (AvgIpc) is 2.92. The Morgan fingerprint density at radius 3 is 2.07 bits per heavy atom. The molecule has 28 heavy (non-hydrogen) atoms. The molecule has 0 unspecified atom stereocenters. The summed E-state index contributed by atoms with van der Waals surface area (Å²) in [4.78, 5) is 69.1. The molecule has 12 heteroatoms. The number of carboxylic acid groups (broad SMARTS) is 2. The van der Waals surface area contributed by atoms with Crippen LogP contribution in [0.3, 0.4) is 0 Å². The second-order valence-electron chi connectivity index (χ2n) is 6.00. The zero-order chi connectivity index (χ0) is 21.3. The van der Waals surface area contributed by atoms with E-state index in [0.29, 0.717) is 0 Å². The van der Waals surface area contributed by atoms with E-state index >= 15 is 0 Å². The Bertz CT molecular complexity index is 672. The summed E-state index contributed by atoms with van der Waals surface area (Å²) in [5.41, 5.74) is 5.07. The topological polar surface area (TPSA) is 196 Å². The van der Waals surface area contributed by atoms with Crippen LogP contribution in [-0.4, -0.2) is 75.9 Å². The lowest BCUT2D eigenvalue weighted by Crippen LogP contribution is -2.51. The lowest BCUT2D eigenvalue weighted by Gasteiger charge is -2.22. The Hall–Kier alpha value is -3.28. The summed E-state index contributed by atoms with van der Waals surface area (Å²) in [6.45, 7) is -0.0186. The fourth-order valence-corrected chi connectivity index (χ4v) is 2.41. The van der Waals surface area contributed by atoms with Gasteiger partial charge in [-0.15, -0.1) is 0 Å². The fourth-order valence-electron chi connectivity index (χ4n) is 2.41. The molecule has 154 valence electrons. The molecule has 1 heterocycles. The molecular weight excluding hydrogens is 376 g/mol. The Balaban J connectivity index is 2.67. The maximum absolute atomic E-state index is 12.4. The van der Waals surface area contributed by atoms with Crippen LogP contribution in [0.15, 0.2) is 12.2 Å². The van der Waals surface area contributed by atoms with Gasteiger partial charge in [-0.3, -0.25) is 28.9 Å². The minimum absolute atomic E-state index is 0.0167. The van der Waals surface area contributed by atoms with Gasteiger partial charge >= 0.3 is 11.9 Å². The van der Waals surface area contributed by atoms with Crippen LogP contribution in [-0.2, 0) is 28.8 Å². The smallest absolute Gasteiger partial charge is 0.326 e. The molecule has 0 aromatic heterocycles. The summed E-state index contributed by atoms with van der Waals surface area (Å²) in [6.07, 6.45) is 1.23. The van der Waals surface area contributed by atoms with Crippen molar-refractivity contribution in [3.8, 4) is 0 Å². The molecule has 0 aliphatic carbocycles. The Labute approximate surface area is 159 Å². The highest BCUT2D eigenvalue weighted by Crippen LogP contribution is 2.05. The average molecular weight is 398 g/mol. The Morgan fingerprint density at radius 2 is 1.57 bits per heavy atom. The van der Waals surface area contributed by atoms with Crippen LogP contribution in [0.4, 0.5) is 0 Å². The minimum atomic E-state index is -1.42. The van der Waals surface area contributed by atoms with Crippen molar-refractivity contribution in [3.63, 3.8) is 0 Å². The zero-order valence-electron chi connectivity index (χ0n) is 14.9. The predicted octanol–water partition coefficient (Wildman–Crippen LogP) is -2.43. The van der Waals surface area contributed by atoms with Crippen LogP contribution >= 0.6 is 0 Å². The van der Waals surface area contributed by atoms with Gasteiger partial charge < -0.3 is 26.6 Å². The largest absolute Gasteiger partial charge is 0.481 e. The second kappa shape index (κ2) is 10.8. The SMILES string of the molecule is NC(=O)CC[C@@H](NCCN1C(=O)C=CC1=O)C(=O)N[C@H](CCC(=O)O)C(=O)O. The van der Waals surface area contributed by atoms with E-state index in [1.165, 1.54) is 0 Å². The standard InChI is InChI=1S/C16H22N4O8/c17-11(21)3-1-9(18-7-8-20-12(22)4-5-13(20)23)15(26)19-10(16(27)28)2-6-14(24)25/h4-5,9-10,18H,1-3,6-8H2,(H2,17,21)(H,19,26)(H,24,25)(H,27,28)/t9-,10-/m1/s1. The summed E-state index contributed by atoms with van der Waals surface area (Å²) in [6, 6.07) is -2.45. The third-order valence-corrected chi connectivity index (χ3v) is 3.88. The van der Waals surface area contributed by atoms with E-state index in [4.69, 9.17) is 15.9 Å². The molecule has 0 aromatic rings. The molecule has 6 N–H and O–H groups in total. The molecule has 0 aromatic carbocycles. The summed E-state index contributed by atoms with van der Waals surface area (Å²) >= 11 is 0. The number of nitrogens with one attached hydrogen (secondary N) is 2. The van der Waals surface area contributed by atoms with Crippen molar-refractivity contribution in [2.75, 3.05) is 13.1 Å². The molecule has 0 bridgehead atoms. The first-order valence-corrected chi connectivity index (χ1v) is 8.42. The highest BCUT2D eigenvalue weighted by molar-refractivity contribution is 6.12. The van der Waals surface area contributed by atoms with Crippen molar-refractivity contribution in [3.05, 3.63) is 12.2 Å². The van der Waals surface area contributed by atoms with E-state index in [9.17, 15) is 28.8 Å². The molecule has 0 saturated heterocycles. The molecule has 4 amide bonds. The molecule has 0 fully saturated rings. The summed E-state index contributed by atoms with van der Waals surface area (Å²) in [7, 11) is 0. The van der Waals surface area contributed by atoms with Gasteiger partial charge in [0.25, 0.3) is 11.8 Å². The van der Waals surface area contributed by atoms with Crippen molar-refractivity contribution >= 4 is 35.6 Å². The first kappa shape index (κ1) is 22.8. The Morgan fingerprint density at radius 1 is 1.00 bits per heavy atom. The van der Waals surface area contributed by atoms with Crippen LogP contribution in [0.25, 0.3) is 0 Å². The highest BCUT2D eigenvalue weighted by atomic mass is 16.4. The van der Waals surface area contributed by atoms with Gasteiger partial charge in [-0.1, -0.05) is 0 Å². The van der Waals surface area contributed by atoms with Gasteiger partial charge in [0.1, 0.15) is 6.04 Å². The van der Waals surface area contributed by atoms with Gasteiger partial charge in [-0.05, 0) is 12.8 Å². The summed E-state index contributed by atoms with van der Waals surface area (Å²) in [5.74, 6) is -5.04. The van der Waals surface area contributed by atoms with Crippen molar-refractivity contribution in [1.29, 1.82) is 0 Å². The van der Waals surface area contributed by atoms with Gasteiger partial charge in [0.05, 0.1) is 6.04 Å². The molecule has 0 saturated carbocycles.